The van der Waals surface area contributed by atoms with E-state index >= 15 is 0 Å². The minimum Gasteiger partial charge on any atom is -0.323 e. The van der Waals surface area contributed by atoms with Crippen LogP contribution in [0.2, 0.25) is 5.15 Å². The normalized spacial score (nSPS) is 13.2. The summed E-state index contributed by atoms with van der Waals surface area (Å²) in [6, 6.07) is 0. The van der Waals surface area contributed by atoms with E-state index in [4.69, 9.17) is 11.6 Å². The van der Waals surface area contributed by atoms with Crippen molar-refractivity contribution in [3.8, 4) is 0 Å². The smallest absolute Gasteiger partial charge is 0.182 e. The molecule has 0 spiro atoms. The lowest BCUT2D eigenvalue weighted by atomic mass is 10.0. The molecule has 0 aliphatic heterocycles. The fourth-order valence-corrected chi connectivity index (χ4v) is 3.49. The van der Waals surface area contributed by atoms with Crippen molar-refractivity contribution in [2.75, 3.05) is 0 Å². The lowest BCUT2D eigenvalue weighted by molar-refractivity contribution is 0.827. The van der Waals surface area contributed by atoms with Crippen LogP contribution in [0.4, 0.5) is 0 Å². The molecule has 2 heterocycles. The van der Waals surface area contributed by atoms with E-state index in [1.807, 2.05) is 4.57 Å². The van der Waals surface area contributed by atoms with E-state index in [0.29, 0.717) is 10.8 Å². The molecule has 2 aromatic rings. The molecule has 0 saturated heterocycles. The lowest BCUT2D eigenvalue weighted by Gasteiger charge is -2.04. The Kier molecular flexibility index (Phi) is 10.0. The van der Waals surface area contributed by atoms with Crippen LogP contribution in [0.5, 0.6) is 0 Å². The van der Waals surface area contributed by atoms with Gasteiger partial charge < -0.3 is 4.57 Å². The minimum atomic E-state index is 0.448. The van der Waals surface area contributed by atoms with E-state index in [1.165, 1.54) is 35.0 Å². The number of halogens is 1. The van der Waals surface area contributed by atoms with E-state index in [1.54, 1.807) is 6.33 Å². The molecule has 0 radical (unpaired) electrons. The first-order valence-electron chi connectivity index (χ1n) is 10.8. The molecule has 4 nitrogen and oxygen atoms in total. The van der Waals surface area contributed by atoms with Crippen molar-refractivity contribution >= 4 is 22.8 Å². The molecule has 0 bridgehead atoms. The van der Waals surface area contributed by atoms with Gasteiger partial charge in [0.15, 0.2) is 10.8 Å². The Morgan fingerprint density at radius 2 is 1.37 bits per heavy atom. The van der Waals surface area contributed by atoms with Gasteiger partial charge in [0.2, 0.25) is 0 Å². The quantitative estimate of drug-likeness (QED) is 0.274. The molecule has 0 atom stereocenters. The molecule has 0 amide bonds. The molecule has 0 aromatic carbocycles. The van der Waals surface area contributed by atoms with Gasteiger partial charge in [-0.15, -0.1) is 0 Å². The third kappa shape index (κ3) is 8.27. The highest BCUT2D eigenvalue weighted by Gasteiger charge is 2.07. The van der Waals surface area contributed by atoms with Crippen molar-refractivity contribution in [1.29, 1.82) is 0 Å². The number of allylic oxidation sites excluding steroid dienone is 8. The third-order valence-electron chi connectivity index (χ3n) is 5.16. The van der Waals surface area contributed by atoms with Crippen LogP contribution in [0.25, 0.3) is 11.2 Å². The van der Waals surface area contributed by atoms with Gasteiger partial charge in [0.25, 0.3) is 0 Å². The van der Waals surface area contributed by atoms with Crippen LogP contribution in [0.3, 0.4) is 0 Å². The predicted molar refractivity (Wildman–Crippen MR) is 129 cm³/mol. The van der Waals surface area contributed by atoms with Crippen LogP contribution in [-0.2, 0) is 6.54 Å². The van der Waals surface area contributed by atoms with Crippen molar-refractivity contribution < 1.29 is 0 Å². The second-order valence-corrected chi connectivity index (χ2v) is 8.64. The maximum Gasteiger partial charge on any atom is 0.182 e. The molecular weight excluding hydrogens is 392 g/mol. The molecular formula is C25H35ClN4. The number of hydrogen-bond acceptors (Lipinski definition) is 3. The largest absolute Gasteiger partial charge is 0.323 e. The van der Waals surface area contributed by atoms with Gasteiger partial charge in [-0.3, -0.25) is 0 Å². The highest BCUT2D eigenvalue weighted by molar-refractivity contribution is 6.33. The lowest BCUT2D eigenvalue weighted by Crippen LogP contribution is -1.96. The SMILES string of the molecule is CC(C)=CCC/C(C)=C/CC/C(C)=C/CC/C(C)=C/Cn1cnc2ncnc(Cl)c21. The predicted octanol–water partition coefficient (Wildman–Crippen LogP) is 7.63. The number of nitrogens with zero attached hydrogens (tertiary/aromatic N) is 4. The number of aromatic nitrogens is 4. The van der Waals surface area contributed by atoms with Crippen molar-refractivity contribution in [3.63, 3.8) is 0 Å². The van der Waals surface area contributed by atoms with Crippen LogP contribution in [0.15, 0.2) is 59.3 Å². The summed E-state index contributed by atoms with van der Waals surface area (Å²) < 4.78 is 1.99. The Bertz CT molecular complexity index is 943. The van der Waals surface area contributed by atoms with Crippen molar-refractivity contribution in [2.24, 2.45) is 0 Å². The summed E-state index contributed by atoms with van der Waals surface area (Å²) in [5.74, 6) is 0. The number of imidazole rings is 1. The van der Waals surface area contributed by atoms with Crippen LogP contribution < -0.4 is 0 Å². The summed E-state index contributed by atoms with van der Waals surface area (Å²) >= 11 is 6.19. The Balaban J connectivity index is 1.75. The molecule has 2 rings (SSSR count). The summed E-state index contributed by atoms with van der Waals surface area (Å²) in [6.07, 6.45) is 19.3. The zero-order chi connectivity index (χ0) is 21.9. The van der Waals surface area contributed by atoms with Crippen molar-refractivity contribution in [3.05, 3.63) is 64.4 Å². The fourth-order valence-electron chi connectivity index (χ4n) is 3.25. The average Bonchev–Trinajstić information content (AvgIpc) is 3.10. The number of rotatable bonds is 11. The van der Waals surface area contributed by atoms with Gasteiger partial charge in [-0.25, -0.2) is 15.0 Å². The van der Waals surface area contributed by atoms with Gasteiger partial charge in [0.1, 0.15) is 11.8 Å². The molecule has 0 saturated carbocycles. The summed E-state index contributed by atoms with van der Waals surface area (Å²) in [7, 11) is 0. The van der Waals surface area contributed by atoms with E-state index in [-0.39, 0.29) is 0 Å². The Labute approximate surface area is 186 Å². The maximum absolute atomic E-state index is 6.19. The fraction of sp³-hybridized carbons (Fsp3) is 0.480. The number of fused-ring (bicyclic) bond motifs is 1. The summed E-state index contributed by atoms with van der Waals surface area (Å²) in [5.41, 5.74) is 7.17. The molecule has 0 aliphatic carbocycles. The highest BCUT2D eigenvalue weighted by atomic mass is 35.5. The molecule has 5 heteroatoms. The molecule has 0 aliphatic rings. The summed E-state index contributed by atoms with van der Waals surface area (Å²) in [4.78, 5) is 12.5. The highest BCUT2D eigenvalue weighted by Crippen LogP contribution is 2.19. The van der Waals surface area contributed by atoms with Gasteiger partial charge in [-0.2, -0.15) is 0 Å². The Hall–Kier alpha value is -2.20. The van der Waals surface area contributed by atoms with E-state index in [0.717, 1.165) is 44.2 Å². The second-order valence-electron chi connectivity index (χ2n) is 8.28. The monoisotopic (exact) mass is 426 g/mol. The molecule has 2 aromatic heterocycles. The van der Waals surface area contributed by atoms with Crippen LogP contribution in [0.1, 0.15) is 73.1 Å². The topological polar surface area (TPSA) is 43.6 Å². The number of hydrogen-bond donors (Lipinski definition) is 0. The first-order valence-corrected chi connectivity index (χ1v) is 11.2. The van der Waals surface area contributed by atoms with Gasteiger partial charge in [-0.05, 0) is 73.1 Å². The van der Waals surface area contributed by atoms with Crippen LogP contribution in [0, 0.1) is 0 Å². The van der Waals surface area contributed by atoms with Gasteiger partial charge in [0.05, 0.1) is 6.33 Å². The first kappa shape index (κ1) is 24.1. The Morgan fingerprint density at radius 3 is 1.97 bits per heavy atom. The Morgan fingerprint density at radius 1 is 0.800 bits per heavy atom. The first-order chi connectivity index (χ1) is 14.4. The van der Waals surface area contributed by atoms with Gasteiger partial charge in [0, 0.05) is 6.54 Å². The van der Waals surface area contributed by atoms with Gasteiger partial charge in [-0.1, -0.05) is 58.2 Å². The van der Waals surface area contributed by atoms with E-state index in [2.05, 4.69) is 73.9 Å². The summed E-state index contributed by atoms with van der Waals surface area (Å²) in [6.45, 7) is 11.7. The minimum absolute atomic E-state index is 0.448. The molecule has 30 heavy (non-hydrogen) atoms. The van der Waals surface area contributed by atoms with Crippen molar-refractivity contribution in [2.45, 2.75) is 79.7 Å². The average molecular weight is 427 g/mol. The zero-order valence-electron chi connectivity index (χ0n) is 19.1. The maximum atomic E-state index is 6.19. The molecule has 0 N–H and O–H groups in total. The van der Waals surface area contributed by atoms with E-state index < -0.39 is 0 Å². The van der Waals surface area contributed by atoms with Gasteiger partial charge >= 0.3 is 0 Å². The van der Waals surface area contributed by atoms with Crippen LogP contribution in [-0.4, -0.2) is 19.5 Å². The standard InChI is InChI=1S/C25H35ClN4/c1-19(2)9-6-10-20(3)11-7-12-21(4)13-8-14-22(5)15-16-30-18-29-25-23(30)24(26)27-17-28-25/h9,11,13,15,17-18H,6-8,10,12,14,16H2,1-5H3/b20-11+,21-13+,22-15+. The molecule has 0 unspecified atom stereocenters. The second kappa shape index (κ2) is 12.5. The van der Waals surface area contributed by atoms with Crippen molar-refractivity contribution in [1.82, 2.24) is 19.5 Å². The summed E-state index contributed by atoms with van der Waals surface area (Å²) in [5, 5.41) is 0.448. The van der Waals surface area contributed by atoms with Crippen LogP contribution >= 0.6 is 11.6 Å². The molecule has 0 fully saturated rings. The van der Waals surface area contributed by atoms with E-state index in [9.17, 15) is 0 Å². The third-order valence-corrected chi connectivity index (χ3v) is 5.43. The molecule has 162 valence electrons. The zero-order valence-corrected chi connectivity index (χ0v) is 19.8.